The van der Waals surface area contributed by atoms with Crippen molar-refractivity contribution in [2.75, 3.05) is 26.0 Å². The molecule has 1 aromatic rings. The van der Waals surface area contributed by atoms with Gasteiger partial charge in [-0.15, -0.1) is 0 Å². The maximum Gasteiger partial charge on any atom is 0.254 e. The Morgan fingerprint density at radius 2 is 2.14 bits per heavy atom. The van der Waals surface area contributed by atoms with E-state index in [-0.39, 0.29) is 23.3 Å². The lowest BCUT2D eigenvalue weighted by atomic mass is 9.75. The summed E-state index contributed by atoms with van der Waals surface area (Å²) in [4.78, 5) is 13.3. The molecule has 0 unspecified atom stereocenters. The van der Waals surface area contributed by atoms with Crippen LogP contribution in [0.3, 0.4) is 0 Å². The quantitative estimate of drug-likeness (QED) is 0.795. The highest BCUT2D eigenvalue weighted by Gasteiger charge is 2.43. The molecule has 1 amide bonds. The summed E-state index contributed by atoms with van der Waals surface area (Å²) in [6, 6.07) is -6.40. The smallest absolute Gasteiger partial charge is 0.254 e. The average Bonchev–Trinajstić information content (AvgIpc) is 2.79. The zero-order valence-corrected chi connectivity index (χ0v) is 11.4. The Morgan fingerprint density at radius 1 is 1.27 bits per heavy atom. The normalized spacial score (nSPS) is 72.1. The standard InChI is InChI=1S/C19H24N2O/c22-19-16-6-2-4-14-3-1-5-15(18(14)16)11-21(19)17-12-20-9-7-13(17)8-10-20/h2,4,6,13,15,17H,1,3,5,7-12H2/t15-,17-/m1/s1/i2D,4D,6D,7D2,8D2,9D2,10D2,11D2,12D2,13D,15D,17D. The van der Waals surface area contributed by atoms with Crippen LogP contribution in [0.2, 0.25) is 0 Å². The molecule has 4 heterocycles. The van der Waals surface area contributed by atoms with E-state index in [1.54, 1.807) is 0 Å². The zero-order valence-electron chi connectivity index (χ0n) is 29.4. The van der Waals surface area contributed by atoms with Crippen LogP contribution in [0.5, 0.6) is 0 Å². The predicted molar refractivity (Wildman–Crippen MR) is 86.1 cm³/mol. The highest BCUT2D eigenvalue weighted by Crippen LogP contribution is 2.41. The molecule has 3 heteroatoms. The van der Waals surface area contributed by atoms with E-state index in [9.17, 15) is 7.54 Å². The Kier molecular flexibility index (Phi) is 0.961. The predicted octanol–water partition coefficient (Wildman–Crippen LogP) is 2.66. The van der Waals surface area contributed by atoms with E-state index >= 15 is 0 Å². The number of benzene rings is 1. The van der Waals surface area contributed by atoms with Gasteiger partial charge in [-0.25, -0.2) is 0 Å². The molecule has 116 valence electrons. The number of fused-ring (bicyclic) bond motifs is 3. The van der Waals surface area contributed by atoms with Crippen molar-refractivity contribution in [2.24, 2.45) is 5.89 Å². The SMILES string of the molecule is [2H]c1c([2H])c2c3c(c1[2H])C(=O)N([C@]1([2H])C([2H])([2H])N4C([2H])([2H])C([2H])([2H])C1([2H])C([2H])([2H])C4([2H])[2H])C([2H])([2H])[C@@]3([2H])CCC2. The number of nitrogens with zero attached hydrogens (tertiary/aromatic N) is 2. The summed E-state index contributed by atoms with van der Waals surface area (Å²) in [6.07, 6.45) is -8.31. The van der Waals surface area contributed by atoms with Crippen LogP contribution >= 0.6 is 0 Å². The lowest BCUT2D eigenvalue weighted by Crippen LogP contribution is -2.60. The van der Waals surface area contributed by atoms with E-state index < -0.39 is 103 Å². The van der Waals surface area contributed by atoms with Crippen molar-refractivity contribution in [1.29, 1.82) is 0 Å². The minimum atomic E-state index is -4.23. The van der Waals surface area contributed by atoms with Gasteiger partial charge in [0, 0.05) is 46.9 Å². The molecule has 4 aliphatic heterocycles. The fourth-order valence-corrected chi connectivity index (χ4v) is 3.04. The Morgan fingerprint density at radius 3 is 3.00 bits per heavy atom. The van der Waals surface area contributed by atoms with E-state index in [0.29, 0.717) is 0 Å². The summed E-state index contributed by atoms with van der Waals surface area (Å²) in [6.45, 7) is -15.2. The summed E-state index contributed by atoms with van der Waals surface area (Å²) in [5, 5.41) is 0. The second-order valence-electron chi connectivity index (χ2n) is 5.33. The second-order valence-corrected chi connectivity index (χ2v) is 5.33. The highest BCUT2D eigenvalue weighted by atomic mass is 16.2. The van der Waals surface area contributed by atoms with E-state index in [1.165, 1.54) is 0 Å². The minimum Gasteiger partial charge on any atom is -0.333 e. The van der Waals surface area contributed by atoms with Gasteiger partial charge in [0.2, 0.25) is 0 Å². The van der Waals surface area contributed by atoms with Crippen LogP contribution in [0.4, 0.5) is 0 Å². The average molecular weight is 315 g/mol. The van der Waals surface area contributed by atoms with Crippen molar-refractivity contribution < 1.29 is 29.5 Å². The van der Waals surface area contributed by atoms with Crippen LogP contribution in [0.25, 0.3) is 0 Å². The molecule has 3 fully saturated rings. The Balaban J connectivity index is 1.96. The number of hydrogen-bond acceptors (Lipinski definition) is 2. The molecule has 0 aromatic heterocycles. The van der Waals surface area contributed by atoms with Gasteiger partial charge >= 0.3 is 0 Å². The van der Waals surface area contributed by atoms with Crippen LogP contribution in [-0.4, -0.2) is 47.7 Å². The first-order valence-corrected chi connectivity index (χ1v) is 7.00. The van der Waals surface area contributed by atoms with Gasteiger partial charge in [0.25, 0.3) is 5.91 Å². The summed E-state index contributed by atoms with van der Waals surface area (Å²) < 4.78 is 155. The zero-order chi connectivity index (χ0) is 30.8. The summed E-state index contributed by atoms with van der Waals surface area (Å²) in [5.41, 5.74) is -1.36. The molecule has 2 bridgehead atoms. The van der Waals surface area contributed by atoms with Crippen LogP contribution in [-0.2, 0) is 6.42 Å². The first kappa shape index (κ1) is 4.38. The molecule has 1 aliphatic carbocycles. The topological polar surface area (TPSA) is 23.6 Å². The lowest BCUT2D eigenvalue weighted by Gasteiger charge is -2.51. The summed E-state index contributed by atoms with van der Waals surface area (Å²) >= 11 is 0. The van der Waals surface area contributed by atoms with E-state index in [4.69, 9.17) is 21.9 Å². The molecule has 0 spiro atoms. The van der Waals surface area contributed by atoms with Gasteiger partial charge in [0.15, 0.2) is 0 Å². The van der Waals surface area contributed by atoms with Crippen molar-refractivity contribution in [3.8, 4) is 0 Å². The third-order valence-corrected chi connectivity index (χ3v) is 4.04. The van der Waals surface area contributed by atoms with Gasteiger partial charge in [-0.2, -0.15) is 0 Å². The Bertz CT molecular complexity index is 1350. The molecule has 6 rings (SSSR count). The molecular formula is C19H24N2O. The third kappa shape index (κ3) is 1.81. The molecule has 1 aromatic carbocycles. The van der Waals surface area contributed by atoms with Gasteiger partial charge in [-0.05, 0) is 68.1 Å². The van der Waals surface area contributed by atoms with Crippen molar-refractivity contribution in [2.45, 2.75) is 43.9 Å². The molecule has 2 atom stereocenters. The third-order valence-electron chi connectivity index (χ3n) is 4.04. The maximum atomic E-state index is 14.2. The molecular weight excluding hydrogens is 272 g/mol. The number of carbonyl (C=O) groups excluding carboxylic acids is 1. The van der Waals surface area contributed by atoms with Crippen LogP contribution in [0, 0.1) is 5.89 Å². The highest BCUT2D eigenvalue weighted by molar-refractivity contribution is 5.97. The lowest BCUT2D eigenvalue weighted by molar-refractivity contribution is 0.00258. The van der Waals surface area contributed by atoms with Gasteiger partial charge in [-0.3, -0.25) is 4.79 Å². The molecule has 5 aliphatic rings. The molecule has 0 radical (unpaired) electrons. The van der Waals surface area contributed by atoms with E-state index in [0.717, 1.165) is 0 Å². The maximum absolute atomic E-state index is 14.2. The van der Waals surface area contributed by atoms with Crippen LogP contribution in [0.15, 0.2) is 18.1 Å². The number of carbonyl (C=O) groups is 1. The van der Waals surface area contributed by atoms with Gasteiger partial charge < -0.3 is 9.80 Å². The molecule has 0 N–H and O–H groups in total. The van der Waals surface area contributed by atoms with Gasteiger partial charge in [-0.1, -0.05) is 12.1 Å². The number of rotatable bonds is 1. The molecule has 3 saturated heterocycles. The largest absolute Gasteiger partial charge is 0.333 e. The number of hydrogen-bond donors (Lipinski definition) is 0. The summed E-state index contributed by atoms with van der Waals surface area (Å²) in [7, 11) is 0. The minimum absolute atomic E-state index is 0.0168. The summed E-state index contributed by atoms with van der Waals surface area (Å²) in [5.74, 6) is -8.64. The molecule has 22 heavy (non-hydrogen) atoms. The van der Waals surface area contributed by atoms with E-state index in [2.05, 4.69) is 0 Å². The van der Waals surface area contributed by atoms with Gasteiger partial charge in [0.05, 0.1) is 8.22 Å². The second kappa shape index (κ2) is 4.82. The van der Waals surface area contributed by atoms with E-state index in [1.807, 2.05) is 0 Å². The number of piperidine rings is 3. The number of amides is 1. The molecule has 0 saturated carbocycles. The fraction of sp³-hybridized carbons (Fsp3) is 0.632. The van der Waals surface area contributed by atoms with Crippen molar-refractivity contribution in [1.82, 2.24) is 9.80 Å². The van der Waals surface area contributed by atoms with Crippen molar-refractivity contribution >= 4 is 5.91 Å². The Hall–Kier alpha value is -1.35. The first-order valence-electron chi connectivity index (χ1n) is 16.0. The van der Waals surface area contributed by atoms with Crippen molar-refractivity contribution in [3.05, 3.63) is 34.8 Å². The fourth-order valence-electron chi connectivity index (χ4n) is 3.04. The first-order chi connectivity index (χ1) is 17.7. The Labute approximate surface area is 157 Å². The molecule has 3 nitrogen and oxygen atoms in total. The van der Waals surface area contributed by atoms with Crippen LogP contribution in [0.1, 0.15) is 77.6 Å². The van der Waals surface area contributed by atoms with Crippen molar-refractivity contribution in [3.63, 3.8) is 0 Å². The monoisotopic (exact) mass is 314 g/mol. The van der Waals surface area contributed by atoms with Crippen LogP contribution < -0.4 is 0 Å². The van der Waals surface area contributed by atoms with Gasteiger partial charge in [0.1, 0.15) is 0 Å².